The van der Waals surface area contributed by atoms with Crippen LogP contribution < -0.4 is 15.2 Å². The quantitative estimate of drug-likeness (QED) is 0.758. The van der Waals surface area contributed by atoms with Gasteiger partial charge in [-0.2, -0.15) is 13.5 Å². The average Bonchev–Trinajstić information content (AvgIpc) is 2.57. The molecule has 3 heterocycles. The first kappa shape index (κ1) is 9.75. The summed E-state index contributed by atoms with van der Waals surface area (Å²) in [6, 6.07) is 1.12. The zero-order chi connectivity index (χ0) is 12.0. The SMILES string of the molecule is O=c1[nH]nnn1-c1cc2c(F)c(F)c1OCO2. The summed E-state index contributed by atoms with van der Waals surface area (Å²) >= 11 is 0. The molecule has 0 spiro atoms. The Labute approximate surface area is 91.6 Å². The first-order chi connectivity index (χ1) is 8.18. The largest absolute Gasteiger partial charge is 0.454 e. The molecule has 2 aliphatic rings. The number of hydrogen-bond acceptors (Lipinski definition) is 5. The third-order valence-corrected chi connectivity index (χ3v) is 2.23. The number of ether oxygens (including phenoxy) is 2. The standard InChI is InChI=1S/C8H4F2N4O3/c9-5-4-1-3(14-8(15)11-12-13-14)7(6(5)10)17-2-16-4/h1H,2H2,(H,11,13,15). The van der Waals surface area contributed by atoms with Crippen molar-refractivity contribution in [3.05, 3.63) is 28.2 Å². The summed E-state index contributed by atoms with van der Waals surface area (Å²) in [4.78, 5) is 11.3. The summed E-state index contributed by atoms with van der Waals surface area (Å²) < 4.78 is 37.2. The van der Waals surface area contributed by atoms with Crippen LogP contribution in [0.15, 0.2) is 10.9 Å². The molecule has 0 aliphatic carbocycles. The van der Waals surface area contributed by atoms with E-state index >= 15 is 0 Å². The smallest absolute Gasteiger partial charge is 0.365 e. The molecule has 0 atom stereocenters. The predicted molar refractivity (Wildman–Crippen MR) is 48.0 cm³/mol. The molecule has 0 fully saturated rings. The Morgan fingerprint density at radius 3 is 2.88 bits per heavy atom. The van der Waals surface area contributed by atoms with E-state index in [0.29, 0.717) is 0 Å². The molecule has 1 N–H and O–H groups in total. The second-order valence-electron chi connectivity index (χ2n) is 3.18. The number of tetrazole rings is 1. The minimum atomic E-state index is -1.23. The van der Waals surface area contributed by atoms with E-state index in [1.165, 1.54) is 0 Å². The Morgan fingerprint density at radius 2 is 2.18 bits per heavy atom. The predicted octanol–water partition coefficient (Wildman–Crippen LogP) is -0.0375. The third kappa shape index (κ3) is 1.28. The van der Waals surface area contributed by atoms with Gasteiger partial charge < -0.3 is 9.47 Å². The lowest BCUT2D eigenvalue weighted by Crippen LogP contribution is -2.17. The number of nitrogens with one attached hydrogen (secondary N) is 1. The lowest BCUT2D eigenvalue weighted by Gasteiger charge is -2.05. The molecule has 1 aromatic heterocycles. The number of fused-ring (bicyclic) bond motifs is 4. The number of rotatable bonds is 1. The molecular formula is C8H4F2N4O3. The maximum atomic E-state index is 13.5. The molecule has 0 radical (unpaired) electrons. The number of nitrogens with zero attached hydrogens (tertiary/aromatic N) is 3. The molecule has 2 aromatic rings. The van der Waals surface area contributed by atoms with Gasteiger partial charge in [0.15, 0.2) is 11.5 Å². The molecule has 0 amide bonds. The minimum Gasteiger partial charge on any atom is -0.454 e. The molecule has 88 valence electrons. The van der Waals surface area contributed by atoms with Crippen molar-refractivity contribution in [1.82, 2.24) is 20.2 Å². The van der Waals surface area contributed by atoms with E-state index in [2.05, 4.69) is 10.4 Å². The van der Waals surface area contributed by atoms with Gasteiger partial charge in [-0.25, -0.2) is 9.89 Å². The number of hydrogen-bond donors (Lipinski definition) is 1. The number of benzene rings is 1. The zero-order valence-electron chi connectivity index (χ0n) is 8.11. The summed E-state index contributed by atoms with van der Waals surface area (Å²) in [5, 5.41) is 8.67. The lowest BCUT2D eigenvalue weighted by atomic mass is 10.2. The van der Waals surface area contributed by atoms with Crippen molar-refractivity contribution in [2.75, 3.05) is 6.79 Å². The Kier molecular flexibility index (Phi) is 1.88. The van der Waals surface area contributed by atoms with Crippen LogP contribution in [0.4, 0.5) is 8.78 Å². The first-order valence-corrected chi connectivity index (χ1v) is 4.47. The van der Waals surface area contributed by atoms with E-state index < -0.39 is 23.1 Å². The van der Waals surface area contributed by atoms with E-state index in [1.54, 1.807) is 0 Å². The van der Waals surface area contributed by atoms with Crippen LogP contribution in [0.25, 0.3) is 5.69 Å². The normalized spacial score (nSPS) is 13.1. The second kappa shape index (κ2) is 3.27. The number of aromatic amines is 1. The topological polar surface area (TPSA) is 82.0 Å². The fraction of sp³-hybridized carbons (Fsp3) is 0.125. The van der Waals surface area contributed by atoms with E-state index in [0.717, 1.165) is 10.7 Å². The van der Waals surface area contributed by atoms with Crippen LogP contribution in [0.2, 0.25) is 0 Å². The van der Waals surface area contributed by atoms with Crippen molar-refractivity contribution >= 4 is 0 Å². The minimum absolute atomic E-state index is 0.0739. The van der Waals surface area contributed by atoms with E-state index in [1.807, 2.05) is 5.10 Å². The molecule has 1 aromatic carbocycles. The Morgan fingerprint density at radius 1 is 1.35 bits per heavy atom. The van der Waals surface area contributed by atoms with Gasteiger partial charge in [-0.3, -0.25) is 0 Å². The maximum Gasteiger partial charge on any atom is 0.365 e. The summed E-state index contributed by atoms with van der Waals surface area (Å²) in [6.45, 7) is -0.349. The number of halogens is 2. The van der Waals surface area contributed by atoms with E-state index in [4.69, 9.17) is 9.47 Å². The first-order valence-electron chi connectivity index (χ1n) is 4.47. The number of aromatic nitrogens is 4. The molecule has 0 saturated heterocycles. The highest BCUT2D eigenvalue weighted by Crippen LogP contribution is 2.36. The highest BCUT2D eigenvalue weighted by Gasteiger charge is 2.26. The second-order valence-corrected chi connectivity index (χ2v) is 3.18. The number of H-pyrrole nitrogens is 1. The van der Waals surface area contributed by atoms with Gasteiger partial charge in [0.2, 0.25) is 18.4 Å². The van der Waals surface area contributed by atoms with Crippen molar-refractivity contribution in [1.29, 1.82) is 0 Å². The van der Waals surface area contributed by atoms with Crippen molar-refractivity contribution in [2.24, 2.45) is 0 Å². The average molecular weight is 242 g/mol. The van der Waals surface area contributed by atoms with Crippen LogP contribution in [0.3, 0.4) is 0 Å². The highest BCUT2D eigenvalue weighted by molar-refractivity contribution is 5.53. The van der Waals surface area contributed by atoms with E-state index in [-0.39, 0.29) is 18.2 Å². The van der Waals surface area contributed by atoms with E-state index in [9.17, 15) is 13.6 Å². The fourth-order valence-corrected chi connectivity index (χ4v) is 1.48. The summed E-state index contributed by atoms with van der Waals surface area (Å²) in [7, 11) is 0. The molecule has 4 rings (SSSR count). The third-order valence-electron chi connectivity index (χ3n) is 2.23. The molecular weight excluding hydrogens is 238 g/mol. The monoisotopic (exact) mass is 242 g/mol. The Hall–Kier alpha value is -2.45. The molecule has 17 heavy (non-hydrogen) atoms. The fourth-order valence-electron chi connectivity index (χ4n) is 1.48. The Bertz CT molecular complexity index is 651. The summed E-state index contributed by atoms with van der Waals surface area (Å²) in [5.41, 5.74) is -0.774. The van der Waals surface area contributed by atoms with Gasteiger partial charge >= 0.3 is 5.69 Å². The molecule has 9 heteroatoms. The summed E-state index contributed by atoms with van der Waals surface area (Å²) in [6.07, 6.45) is 0. The molecule has 0 saturated carbocycles. The van der Waals surface area contributed by atoms with Crippen LogP contribution >= 0.6 is 0 Å². The zero-order valence-corrected chi connectivity index (χ0v) is 8.11. The molecule has 0 unspecified atom stereocenters. The molecule has 7 nitrogen and oxygen atoms in total. The van der Waals surface area contributed by atoms with Crippen LogP contribution in [0.5, 0.6) is 11.5 Å². The van der Waals surface area contributed by atoms with Crippen molar-refractivity contribution < 1.29 is 18.3 Å². The van der Waals surface area contributed by atoms with Gasteiger partial charge in [0.05, 0.1) is 0 Å². The van der Waals surface area contributed by atoms with Crippen LogP contribution in [-0.4, -0.2) is 27.0 Å². The van der Waals surface area contributed by atoms with Crippen LogP contribution in [-0.2, 0) is 0 Å². The van der Waals surface area contributed by atoms with Gasteiger partial charge in [0, 0.05) is 6.07 Å². The van der Waals surface area contributed by atoms with Gasteiger partial charge in [0.1, 0.15) is 5.69 Å². The maximum absolute atomic E-state index is 13.5. The van der Waals surface area contributed by atoms with Gasteiger partial charge in [0.25, 0.3) is 0 Å². The lowest BCUT2D eigenvalue weighted by molar-refractivity contribution is 0.123. The van der Waals surface area contributed by atoms with Crippen molar-refractivity contribution in [3.63, 3.8) is 0 Å². The Balaban J connectivity index is 2.34. The van der Waals surface area contributed by atoms with Crippen molar-refractivity contribution in [2.45, 2.75) is 0 Å². The van der Waals surface area contributed by atoms with Gasteiger partial charge in [-0.05, 0) is 10.4 Å². The van der Waals surface area contributed by atoms with Crippen molar-refractivity contribution in [3.8, 4) is 17.2 Å². The van der Waals surface area contributed by atoms with Crippen LogP contribution in [0, 0.1) is 11.6 Å². The molecule has 2 aliphatic heterocycles. The van der Waals surface area contributed by atoms with Gasteiger partial charge in [-0.1, -0.05) is 0 Å². The summed E-state index contributed by atoms with van der Waals surface area (Å²) in [5.74, 6) is -3.20. The highest BCUT2D eigenvalue weighted by atomic mass is 19.2. The van der Waals surface area contributed by atoms with Gasteiger partial charge in [-0.15, -0.1) is 0 Å². The molecule has 2 bridgehead atoms. The van der Waals surface area contributed by atoms with Crippen LogP contribution in [0.1, 0.15) is 0 Å².